The lowest BCUT2D eigenvalue weighted by Gasteiger charge is -2.12. The van der Waals surface area contributed by atoms with Gasteiger partial charge in [-0.15, -0.1) is 10.2 Å². The first-order valence-electron chi connectivity index (χ1n) is 8.51. The van der Waals surface area contributed by atoms with Crippen molar-refractivity contribution in [3.05, 3.63) is 58.1 Å². The van der Waals surface area contributed by atoms with E-state index in [-0.39, 0.29) is 5.75 Å². The van der Waals surface area contributed by atoms with Gasteiger partial charge in [0.1, 0.15) is 0 Å². The molecule has 0 fully saturated rings. The molecule has 0 spiro atoms. The van der Waals surface area contributed by atoms with Crippen molar-refractivity contribution in [2.45, 2.75) is 12.1 Å². The summed E-state index contributed by atoms with van der Waals surface area (Å²) < 4.78 is 1.81. The largest absolute Gasteiger partial charge is 0.341 e. The molecule has 0 bridgehead atoms. The van der Waals surface area contributed by atoms with E-state index in [9.17, 15) is 9.59 Å². The molecule has 2 aromatic carbocycles. The van der Waals surface area contributed by atoms with Gasteiger partial charge in [0, 0.05) is 22.7 Å². The van der Waals surface area contributed by atoms with Crippen LogP contribution >= 0.6 is 35.0 Å². The number of hydrogen-bond donors (Lipinski definition) is 2. The second-order valence-corrected chi connectivity index (χ2v) is 7.78. The number of carbonyl (C=O) groups excluding carboxylic acids is 2. The van der Waals surface area contributed by atoms with Crippen molar-refractivity contribution in [1.29, 1.82) is 0 Å². The van der Waals surface area contributed by atoms with Gasteiger partial charge in [0.15, 0.2) is 11.0 Å². The number of nitrogens with zero attached hydrogens (tertiary/aromatic N) is 3. The summed E-state index contributed by atoms with van der Waals surface area (Å²) in [6.07, 6.45) is 0. The molecule has 3 aromatic rings. The Morgan fingerprint density at radius 1 is 1.10 bits per heavy atom. The van der Waals surface area contributed by atoms with Crippen LogP contribution in [0.25, 0.3) is 17.1 Å². The number of halogens is 2. The topological polar surface area (TPSA) is 88.9 Å². The van der Waals surface area contributed by atoms with Gasteiger partial charge in [0.25, 0.3) is 0 Å². The summed E-state index contributed by atoms with van der Waals surface area (Å²) in [6.45, 7) is 1.91. The number of urea groups is 1. The molecule has 1 aromatic heterocycles. The number of hydrogen-bond acceptors (Lipinski definition) is 5. The second-order valence-electron chi connectivity index (χ2n) is 6.00. The first kappa shape index (κ1) is 21.2. The maximum atomic E-state index is 12.0. The predicted molar refractivity (Wildman–Crippen MR) is 115 cm³/mol. The van der Waals surface area contributed by atoms with Gasteiger partial charge in [-0.25, -0.2) is 4.79 Å². The summed E-state index contributed by atoms with van der Waals surface area (Å²) in [5, 5.41) is 14.8. The number of nitrogens with one attached hydrogen (secondary N) is 2. The van der Waals surface area contributed by atoms with E-state index < -0.39 is 11.9 Å². The average molecular weight is 450 g/mol. The molecular formula is C19H17Cl2N5O2S. The number of aryl methyl sites for hydroxylation is 1. The number of rotatable bonds is 5. The van der Waals surface area contributed by atoms with E-state index in [2.05, 4.69) is 20.8 Å². The van der Waals surface area contributed by atoms with Crippen molar-refractivity contribution < 1.29 is 9.59 Å². The van der Waals surface area contributed by atoms with Crippen LogP contribution in [-0.4, -0.2) is 39.5 Å². The Morgan fingerprint density at radius 2 is 1.83 bits per heavy atom. The molecule has 0 aliphatic heterocycles. The van der Waals surface area contributed by atoms with Crippen LogP contribution in [-0.2, 0) is 4.79 Å². The molecular weight excluding hydrogens is 433 g/mol. The fourth-order valence-corrected chi connectivity index (χ4v) is 3.51. The molecule has 0 aliphatic carbocycles. The molecule has 29 heavy (non-hydrogen) atoms. The highest BCUT2D eigenvalue weighted by Crippen LogP contribution is 2.30. The van der Waals surface area contributed by atoms with E-state index in [0.29, 0.717) is 21.0 Å². The maximum absolute atomic E-state index is 12.0. The molecule has 0 atom stereocenters. The zero-order valence-electron chi connectivity index (χ0n) is 15.6. The van der Waals surface area contributed by atoms with Crippen LogP contribution in [0, 0.1) is 6.92 Å². The number of benzene rings is 2. The normalized spacial score (nSPS) is 10.6. The van der Waals surface area contributed by atoms with Crippen LogP contribution in [0.4, 0.5) is 4.79 Å². The van der Waals surface area contributed by atoms with Crippen LogP contribution in [0.15, 0.2) is 47.6 Å². The van der Waals surface area contributed by atoms with E-state index >= 15 is 0 Å². The average Bonchev–Trinajstić information content (AvgIpc) is 3.13. The summed E-state index contributed by atoms with van der Waals surface area (Å²) >= 11 is 13.5. The first-order valence-corrected chi connectivity index (χ1v) is 10.3. The molecule has 7 nitrogen and oxygen atoms in total. The molecule has 150 valence electrons. The number of thioether (sulfide) groups is 1. The summed E-state index contributed by atoms with van der Waals surface area (Å²) in [7, 11) is 1.44. The van der Waals surface area contributed by atoms with E-state index in [4.69, 9.17) is 23.2 Å². The fraction of sp³-hybridized carbons (Fsp3) is 0.158. The van der Waals surface area contributed by atoms with Crippen molar-refractivity contribution in [1.82, 2.24) is 25.4 Å². The van der Waals surface area contributed by atoms with Crippen LogP contribution < -0.4 is 10.6 Å². The second kappa shape index (κ2) is 9.30. The lowest BCUT2D eigenvalue weighted by atomic mass is 10.2. The Bertz CT molecular complexity index is 1050. The standard InChI is InChI=1S/C19H17Cl2N5O2S/c1-11-3-8-14(9-15(11)21)26-17(12-4-6-13(20)7-5-12)24-25-19(26)29-10-16(27)23-18(28)22-2/h3-9H,10H2,1-2H3,(H2,22,23,27,28). The van der Waals surface area contributed by atoms with E-state index in [0.717, 1.165) is 28.6 Å². The predicted octanol–water partition coefficient (Wildman–Crippen LogP) is 4.10. The van der Waals surface area contributed by atoms with Crippen molar-refractivity contribution in [3.8, 4) is 17.1 Å². The van der Waals surface area contributed by atoms with Gasteiger partial charge < -0.3 is 5.32 Å². The van der Waals surface area contributed by atoms with E-state index in [1.165, 1.54) is 7.05 Å². The SMILES string of the molecule is CNC(=O)NC(=O)CSc1nnc(-c2ccc(Cl)cc2)n1-c1ccc(C)c(Cl)c1. The van der Waals surface area contributed by atoms with Gasteiger partial charge in [-0.05, 0) is 48.9 Å². The molecule has 3 rings (SSSR count). The number of aromatic nitrogens is 3. The lowest BCUT2D eigenvalue weighted by Crippen LogP contribution is -2.38. The van der Waals surface area contributed by atoms with Crippen molar-refractivity contribution in [3.63, 3.8) is 0 Å². The molecule has 0 aliphatic rings. The Labute approximate surface area is 181 Å². The van der Waals surface area contributed by atoms with Crippen LogP contribution in [0.2, 0.25) is 10.0 Å². The van der Waals surface area contributed by atoms with Gasteiger partial charge >= 0.3 is 6.03 Å². The third-order valence-electron chi connectivity index (χ3n) is 3.96. The zero-order chi connectivity index (χ0) is 21.0. The Kier molecular flexibility index (Phi) is 6.79. The lowest BCUT2D eigenvalue weighted by molar-refractivity contribution is -0.117. The molecule has 1 heterocycles. The molecule has 3 amide bonds. The molecule has 0 radical (unpaired) electrons. The minimum absolute atomic E-state index is 0.00817. The van der Waals surface area contributed by atoms with E-state index in [1.807, 2.05) is 41.8 Å². The Morgan fingerprint density at radius 3 is 2.48 bits per heavy atom. The number of carbonyl (C=O) groups is 2. The molecule has 2 N–H and O–H groups in total. The molecule has 0 saturated heterocycles. The van der Waals surface area contributed by atoms with Crippen molar-refractivity contribution in [2.75, 3.05) is 12.8 Å². The van der Waals surface area contributed by atoms with Crippen LogP contribution in [0.3, 0.4) is 0 Å². The summed E-state index contributed by atoms with van der Waals surface area (Å²) in [6, 6.07) is 12.3. The number of amides is 3. The minimum Gasteiger partial charge on any atom is -0.341 e. The third-order valence-corrected chi connectivity index (χ3v) is 5.55. The third kappa shape index (κ3) is 5.09. The van der Waals surface area contributed by atoms with Gasteiger partial charge in [0.2, 0.25) is 5.91 Å². The highest BCUT2D eigenvalue weighted by atomic mass is 35.5. The van der Waals surface area contributed by atoms with Crippen LogP contribution in [0.5, 0.6) is 0 Å². The van der Waals surface area contributed by atoms with Gasteiger partial charge in [0.05, 0.1) is 11.4 Å². The number of imide groups is 1. The smallest absolute Gasteiger partial charge is 0.321 e. The Balaban J connectivity index is 1.98. The summed E-state index contributed by atoms with van der Waals surface area (Å²) in [5.41, 5.74) is 2.50. The summed E-state index contributed by atoms with van der Waals surface area (Å²) in [5.74, 6) is 0.126. The summed E-state index contributed by atoms with van der Waals surface area (Å²) in [4.78, 5) is 23.3. The minimum atomic E-state index is -0.566. The maximum Gasteiger partial charge on any atom is 0.321 e. The molecule has 0 saturated carbocycles. The van der Waals surface area contributed by atoms with Gasteiger partial charge in [-0.1, -0.05) is 41.0 Å². The highest BCUT2D eigenvalue weighted by Gasteiger charge is 2.18. The Hall–Kier alpha value is -2.55. The van der Waals surface area contributed by atoms with Gasteiger partial charge in [-0.2, -0.15) is 0 Å². The zero-order valence-corrected chi connectivity index (χ0v) is 17.9. The van der Waals surface area contributed by atoms with Gasteiger partial charge in [-0.3, -0.25) is 14.7 Å². The van der Waals surface area contributed by atoms with Crippen molar-refractivity contribution >= 4 is 46.9 Å². The fourth-order valence-electron chi connectivity index (χ4n) is 2.46. The van der Waals surface area contributed by atoms with Crippen molar-refractivity contribution in [2.24, 2.45) is 0 Å². The highest BCUT2D eigenvalue weighted by molar-refractivity contribution is 7.99. The van der Waals surface area contributed by atoms with E-state index in [1.54, 1.807) is 12.1 Å². The quantitative estimate of drug-likeness (QED) is 0.572. The molecule has 0 unspecified atom stereocenters. The van der Waals surface area contributed by atoms with Crippen LogP contribution in [0.1, 0.15) is 5.56 Å². The molecule has 10 heteroatoms. The first-order chi connectivity index (χ1) is 13.9. The monoisotopic (exact) mass is 449 g/mol.